The summed E-state index contributed by atoms with van der Waals surface area (Å²) in [6.07, 6.45) is 0.487. The van der Waals surface area contributed by atoms with Gasteiger partial charge in [-0.15, -0.1) is 23.1 Å². The molecule has 0 aliphatic heterocycles. The lowest BCUT2D eigenvalue weighted by Gasteiger charge is -2.23. The smallest absolute Gasteiger partial charge is 0.220 e. The van der Waals surface area contributed by atoms with Gasteiger partial charge in [0, 0.05) is 28.5 Å². The number of amides is 1. The van der Waals surface area contributed by atoms with Gasteiger partial charge in [0.05, 0.1) is 11.1 Å². The first kappa shape index (κ1) is 18.3. The molecule has 0 aliphatic carbocycles. The topological polar surface area (TPSA) is 32.3 Å². The standard InChI is InChI=1S/C17H21ClN2OS2/c1-20(2)14(16-8-5-10-22-16)12-19-17(21)9-11-23-15-7-4-3-6-13(15)18/h3-8,10,14H,9,11-12H2,1-2H3,(H,19,21). The first-order valence-corrected chi connectivity index (χ1v) is 9.66. The van der Waals surface area contributed by atoms with Gasteiger partial charge in [0.15, 0.2) is 0 Å². The molecule has 6 heteroatoms. The van der Waals surface area contributed by atoms with E-state index in [1.54, 1.807) is 23.1 Å². The maximum atomic E-state index is 12.0. The Kier molecular flexibility index (Phi) is 7.43. The van der Waals surface area contributed by atoms with Crippen molar-refractivity contribution in [3.8, 4) is 0 Å². The molecule has 1 atom stereocenters. The second-order valence-electron chi connectivity index (χ2n) is 5.33. The third-order valence-corrected chi connectivity index (χ3v) is 5.90. The van der Waals surface area contributed by atoms with E-state index in [1.165, 1.54) is 4.88 Å². The predicted octanol–water partition coefficient (Wildman–Crippen LogP) is 4.30. The Labute approximate surface area is 151 Å². The van der Waals surface area contributed by atoms with Crippen molar-refractivity contribution in [2.75, 3.05) is 26.4 Å². The number of thioether (sulfide) groups is 1. The normalized spacial score (nSPS) is 12.3. The number of carbonyl (C=O) groups is 1. The van der Waals surface area contributed by atoms with Gasteiger partial charge in [0.25, 0.3) is 0 Å². The lowest BCUT2D eigenvalue weighted by Crippen LogP contribution is -2.34. The summed E-state index contributed by atoms with van der Waals surface area (Å²) in [6.45, 7) is 0.628. The molecule has 1 amide bonds. The zero-order chi connectivity index (χ0) is 16.7. The number of hydrogen-bond donors (Lipinski definition) is 1. The second-order valence-corrected chi connectivity index (χ2v) is 7.85. The fourth-order valence-corrected chi connectivity index (χ4v) is 4.24. The van der Waals surface area contributed by atoms with E-state index in [1.807, 2.05) is 44.4 Å². The van der Waals surface area contributed by atoms with Crippen LogP contribution in [0.4, 0.5) is 0 Å². The molecule has 0 radical (unpaired) electrons. The highest BCUT2D eigenvalue weighted by molar-refractivity contribution is 7.99. The van der Waals surface area contributed by atoms with E-state index in [0.717, 1.165) is 15.7 Å². The van der Waals surface area contributed by atoms with Gasteiger partial charge < -0.3 is 10.2 Å². The summed E-state index contributed by atoms with van der Waals surface area (Å²) in [7, 11) is 4.06. The van der Waals surface area contributed by atoms with Crippen LogP contribution in [-0.2, 0) is 4.79 Å². The fraction of sp³-hybridized carbons (Fsp3) is 0.353. The number of carbonyl (C=O) groups excluding carboxylic acids is 1. The van der Waals surface area contributed by atoms with Crippen LogP contribution in [0.1, 0.15) is 17.3 Å². The van der Waals surface area contributed by atoms with Crippen molar-refractivity contribution in [3.63, 3.8) is 0 Å². The third kappa shape index (κ3) is 5.84. The summed E-state index contributed by atoms with van der Waals surface area (Å²) in [5, 5.41) is 5.84. The predicted molar refractivity (Wildman–Crippen MR) is 101 cm³/mol. The van der Waals surface area contributed by atoms with Gasteiger partial charge in [-0.3, -0.25) is 4.79 Å². The second kappa shape index (κ2) is 9.33. The molecule has 3 nitrogen and oxygen atoms in total. The first-order chi connectivity index (χ1) is 11.1. The number of rotatable bonds is 8. The fourth-order valence-electron chi connectivity index (χ4n) is 2.13. The van der Waals surface area contributed by atoms with E-state index in [4.69, 9.17) is 11.6 Å². The Hall–Kier alpha value is -1.01. The van der Waals surface area contributed by atoms with E-state index in [-0.39, 0.29) is 11.9 Å². The Morgan fingerprint density at radius 1 is 1.30 bits per heavy atom. The monoisotopic (exact) mass is 368 g/mol. The van der Waals surface area contributed by atoms with Gasteiger partial charge in [-0.25, -0.2) is 0 Å². The van der Waals surface area contributed by atoms with Crippen molar-refractivity contribution in [1.29, 1.82) is 0 Å². The summed E-state index contributed by atoms with van der Waals surface area (Å²) in [6, 6.07) is 12.1. The highest BCUT2D eigenvalue weighted by Crippen LogP contribution is 2.27. The van der Waals surface area contributed by atoms with Gasteiger partial charge in [0.1, 0.15) is 0 Å². The average Bonchev–Trinajstić information content (AvgIpc) is 3.03. The Bertz CT molecular complexity index is 617. The molecule has 124 valence electrons. The zero-order valence-electron chi connectivity index (χ0n) is 13.3. The minimum absolute atomic E-state index is 0.0768. The van der Waals surface area contributed by atoms with E-state index < -0.39 is 0 Å². The quantitative estimate of drug-likeness (QED) is 0.705. The van der Waals surface area contributed by atoms with Gasteiger partial charge in [0.2, 0.25) is 5.91 Å². The number of halogens is 1. The van der Waals surface area contributed by atoms with Gasteiger partial charge in [-0.05, 0) is 37.7 Å². The minimum Gasteiger partial charge on any atom is -0.354 e. The number of likely N-dealkylation sites (N-methyl/N-ethyl adjacent to an activating group) is 1. The molecule has 23 heavy (non-hydrogen) atoms. The van der Waals surface area contributed by atoms with Crippen LogP contribution in [0.15, 0.2) is 46.7 Å². The van der Waals surface area contributed by atoms with Gasteiger partial charge in [-0.2, -0.15) is 0 Å². The Balaban J connectivity index is 1.75. The third-order valence-electron chi connectivity index (χ3n) is 3.41. The van der Waals surface area contributed by atoms with Crippen molar-refractivity contribution in [2.24, 2.45) is 0 Å². The number of nitrogens with one attached hydrogen (secondary N) is 1. The Morgan fingerprint density at radius 3 is 2.74 bits per heavy atom. The molecule has 1 aromatic carbocycles. The summed E-state index contributed by atoms with van der Waals surface area (Å²) in [5.41, 5.74) is 0. The molecule has 0 saturated carbocycles. The van der Waals surface area contributed by atoms with Crippen molar-refractivity contribution in [3.05, 3.63) is 51.7 Å². The van der Waals surface area contributed by atoms with Crippen molar-refractivity contribution in [2.45, 2.75) is 17.4 Å². The molecule has 0 spiro atoms. The van der Waals surface area contributed by atoms with Crippen molar-refractivity contribution in [1.82, 2.24) is 10.2 Å². The maximum absolute atomic E-state index is 12.0. The molecule has 0 fully saturated rings. The van der Waals surface area contributed by atoms with E-state index in [0.29, 0.717) is 13.0 Å². The lowest BCUT2D eigenvalue weighted by molar-refractivity contribution is -0.120. The van der Waals surface area contributed by atoms with Gasteiger partial charge >= 0.3 is 0 Å². The minimum atomic E-state index is 0.0768. The zero-order valence-corrected chi connectivity index (χ0v) is 15.7. The molecule has 1 unspecified atom stereocenters. The van der Waals surface area contributed by atoms with Crippen LogP contribution in [0.25, 0.3) is 0 Å². The number of nitrogens with zero attached hydrogens (tertiary/aromatic N) is 1. The van der Waals surface area contributed by atoms with Crippen molar-refractivity contribution >= 4 is 40.6 Å². The molecular formula is C17H21ClN2OS2. The highest BCUT2D eigenvalue weighted by Gasteiger charge is 2.16. The average molecular weight is 369 g/mol. The van der Waals surface area contributed by atoms with Gasteiger partial charge in [-0.1, -0.05) is 29.8 Å². The maximum Gasteiger partial charge on any atom is 0.220 e. The molecule has 0 saturated heterocycles. The number of hydrogen-bond acceptors (Lipinski definition) is 4. The highest BCUT2D eigenvalue weighted by atomic mass is 35.5. The van der Waals surface area contributed by atoms with Crippen LogP contribution in [0, 0.1) is 0 Å². The molecule has 0 bridgehead atoms. The van der Waals surface area contributed by atoms with Crippen LogP contribution in [0.3, 0.4) is 0 Å². The number of benzene rings is 1. The first-order valence-electron chi connectivity index (χ1n) is 7.42. The van der Waals surface area contributed by atoms with Crippen LogP contribution in [0.2, 0.25) is 5.02 Å². The SMILES string of the molecule is CN(C)C(CNC(=O)CCSc1ccccc1Cl)c1cccs1. The van der Waals surface area contributed by atoms with E-state index >= 15 is 0 Å². The molecule has 1 N–H and O–H groups in total. The Morgan fingerprint density at radius 2 is 2.09 bits per heavy atom. The van der Waals surface area contributed by atoms with E-state index in [9.17, 15) is 4.79 Å². The molecule has 2 rings (SSSR count). The summed E-state index contributed by atoms with van der Waals surface area (Å²) in [5.74, 6) is 0.800. The summed E-state index contributed by atoms with van der Waals surface area (Å²) < 4.78 is 0. The van der Waals surface area contributed by atoms with Crippen molar-refractivity contribution < 1.29 is 4.79 Å². The molecule has 2 aromatic rings. The summed E-state index contributed by atoms with van der Waals surface area (Å²) >= 11 is 9.44. The van der Waals surface area contributed by atoms with E-state index in [2.05, 4.69) is 21.7 Å². The lowest BCUT2D eigenvalue weighted by atomic mass is 10.2. The number of thiophene rings is 1. The van der Waals surface area contributed by atoms with Crippen LogP contribution in [0.5, 0.6) is 0 Å². The van der Waals surface area contributed by atoms with Crippen LogP contribution >= 0.6 is 34.7 Å². The van der Waals surface area contributed by atoms with Crippen LogP contribution in [-0.4, -0.2) is 37.2 Å². The molecule has 1 heterocycles. The molecule has 1 aromatic heterocycles. The largest absolute Gasteiger partial charge is 0.354 e. The molecular weight excluding hydrogens is 348 g/mol. The van der Waals surface area contributed by atoms with Crippen LogP contribution < -0.4 is 5.32 Å². The molecule has 0 aliphatic rings. The summed E-state index contributed by atoms with van der Waals surface area (Å²) in [4.78, 5) is 16.5.